The highest BCUT2D eigenvalue weighted by atomic mass is 15.2. The van der Waals surface area contributed by atoms with E-state index in [1.54, 1.807) is 0 Å². The van der Waals surface area contributed by atoms with Crippen molar-refractivity contribution in [2.45, 2.75) is 18.9 Å². The smallest absolute Gasteiger partial charge is 0.0715 e. The number of para-hydroxylation sites is 5. The van der Waals surface area contributed by atoms with E-state index in [0.29, 0.717) is 0 Å². The van der Waals surface area contributed by atoms with E-state index in [0.717, 1.165) is 6.42 Å². The van der Waals surface area contributed by atoms with Gasteiger partial charge in [-0.15, -0.1) is 0 Å². The van der Waals surface area contributed by atoms with E-state index in [-0.39, 0.29) is 5.54 Å². The maximum atomic E-state index is 2.56. The molecule has 11 rings (SSSR count). The fraction of sp³-hybridized carbons (Fsp3) is 0.0612. The molecule has 52 heavy (non-hydrogen) atoms. The Morgan fingerprint density at radius 1 is 0.481 bits per heavy atom. The number of anilines is 2. The summed E-state index contributed by atoms with van der Waals surface area (Å²) in [5.41, 5.74) is 14.6. The molecule has 0 bridgehead atoms. The Kier molecular flexibility index (Phi) is 6.15. The fourth-order valence-corrected chi connectivity index (χ4v) is 9.29. The lowest BCUT2D eigenvalue weighted by atomic mass is 9.83. The largest absolute Gasteiger partial charge is 0.331 e. The van der Waals surface area contributed by atoms with Gasteiger partial charge in [-0.2, -0.15) is 0 Å². The van der Waals surface area contributed by atoms with Crippen LogP contribution in [0, 0.1) is 0 Å². The third-order valence-corrected chi connectivity index (χ3v) is 11.5. The molecule has 1 unspecified atom stereocenters. The molecule has 7 aromatic carbocycles. The second-order valence-electron chi connectivity index (χ2n) is 14.3. The van der Waals surface area contributed by atoms with Crippen LogP contribution in [0.1, 0.15) is 18.9 Å². The highest BCUT2D eigenvalue weighted by Gasteiger charge is 2.44. The minimum Gasteiger partial charge on any atom is -0.331 e. The molecule has 1 aliphatic carbocycles. The van der Waals surface area contributed by atoms with Gasteiger partial charge < -0.3 is 14.0 Å². The van der Waals surface area contributed by atoms with Crippen molar-refractivity contribution >= 4 is 60.6 Å². The van der Waals surface area contributed by atoms with E-state index < -0.39 is 0 Å². The number of hydrogen-bond donors (Lipinski definition) is 0. The quantitative estimate of drug-likeness (QED) is 0.182. The average molecular weight is 666 g/mol. The van der Waals surface area contributed by atoms with Crippen molar-refractivity contribution in [3.05, 3.63) is 188 Å². The molecule has 0 spiro atoms. The molecule has 9 aromatic rings. The van der Waals surface area contributed by atoms with Crippen LogP contribution < -0.4 is 4.90 Å². The molecular formula is C49H35N3. The predicted molar refractivity (Wildman–Crippen MR) is 219 cm³/mol. The highest BCUT2D eigenvalue weighted by molar-refractivity contribution is 6.29. The van der Waals surface area contributed by atoms with Crippen LogP contribution in [0.15, 0.2) is 182 Å². The minimum absolute atomic E-state index is 0.145. The minimum atomic E-state index is -0.145. The van der Waals surface area contributed by atoms with E-state index in [1.807, 2.05) is 0 Å². The molecule has 246 valence electrons. The van der Waals surface area contributed by atoms with Crippen LogP contribution in [0.3, 0.4) is 0 Å². The lowest BCUT2D eigenvalue weighted by molar-refractivity contribution is 0.607. The van der Waals surface area contributed by atoms with Crippen LogP contribution in [0.2, 0.25) is 0 Å². The summed E-state index contributed by atoms with van der Waals surface area (Å²) in [5, 5.41) is 5.10. The van der Waals surface area contributed by atoms with Gasteiger partial charge in [-0.1, -0.05) is 121 Å². The lowest BCUT2D eigenvalue weighted by Gasteiger charge is -2.39. The normalized spacial score (nSPS) is 16.6. The number of rotatable bonds is 4. The summed E-state index contributed by atoms with van der Waals surface area (Å²) in [7, 11) is 0. The van der Waals surface area contributed by atoms with Gasteiger partial charge in [0.2, 0.25) is 0 Å². The Morgan fingerprint density at radius 2 is 1.08 bits per heavy atom. The predicted octanol–water partition coefficient (Wildman–Crippen LogP) is 12.8. The van der Waals surface area contributed by atoms with Crippen LogP contribution in [0.25, 0.3) is 71.7 Å². The van der Waals surface area contributed by atoms with Gasteiger partial charge in [-0.25, -0.2) is 0 Å². The first-order valence-corrected chi connectivity index (χ1v) is 18.2. The van der Waals surface area contributed by atoms with Crippen molar-refractivity contribution in [3.63, 3.8) is 0 Å². The summed E-state index contributed by atoms with van der Waals surface area (Å²) in [5.74, 6) is 0. The Morgan fingerprint density at radius 3 is 1.85 bits per heavy atom. The Labute approximate surface area is 302 Å². The summed E-state index contributed by atoms with van der Waals surface area (Å²) in [6.45, 7) is 2.39. The molecule has 0 saturated carbocycles. The van der Waals surface area contributed by atoms with Crippen molar-refractivity contribution in [2.75, 3.05) is 4.90 Å². The number of fused-ring (bicyclic) bond motifs is 10. The molecule has 3 heteroatoms. The van der Waals surface area contributed by atoms with E-state index in [1.165, 1.54) is 88.6 Å². The molecule has 0 N–H and O–H groups in total. The SMILES string of the molecule is CC12CC=CC=C1c1ccccc1N2c1cccc(-c2ccccc2-n2c3ccccc3c3c4c5ccccc5n(-c5ccccc5)c4ccc32)c1. The Bertz CT molecular complexity index is 2960. The molecule has 1 aliphatic heterocycles. The summed E-state index contributed by atoms with van der Waals surface area (Å²) in [6.07, 6.45) is 7.78. The Hall–Kier alpha value is -6.58. The van der Waals surface area contributed by atoms with Gasteiger partial charge in [0, 0.05) is 49.7 Å². The zero-order chi connectivity index (χ0) is 34.4. The number of aromatic nitrogens is 2. The lowest BCUT2D eigenvalue weighted by Crippen LogP contribution is -2.40. The molecular weight excluding hydrogens is 631 g/mol. The van der Waals surface area contributed by atoms with E-state index >= 15 is 0 Å². The molecule has 2 aromatic heterocycles. The zero-order valence-corrected chi connectivity index (χ0v) is 28.9. The molecule has 0 radical (unpaired) electrons. The van der Waals surface area contributed by atoms with Crippen molar-refractivity contribution in [1.82, 2.24) is 9.13 Å². The van der Waals surface area contributed by atoms with Gasteiger partial charge >= 0.3 is 0 Å². The van der Waals surface area contributed by atoms with Crippen LogP contribution in [-0.4, -0.2) is 14.7 Å². The number of hydrogen-bond acceptors (Lipinski definition) is 1. The van der Waals surface area contributed by atoms with Gasteiger partial charge in [0.1, 0.15) is 0 Å². The monoisotopic (exact) mass is 665 g/mol. The molecule has 0 saturated heterocycles. The van der Waals surface area contributed by atoms with E-state index in [4.69, 9.17) is 0 Å². The summed E-state index contributed by atoms with van der Waals surface area (Å²) < 4.78 is 4.90. The standard InChI is InChI=1S/C49H35N3/c1-49-31-14-13-24-40(49)37-21-6-12-28-44(37)52(49)35-19-15-16-33(32-35)36-20-5-9-25-41(36)51-43-27-11-8-23-39(43)48-46(51)30-29-45-47(48)38-22-7-10-26-42(38)50(45)34-17-3-2-4-18-34/h2-30,32H,31H2,1H3. The summed E-state index contributed by atoms with van der Waals surface area (Å²) in [6, 6.07) is 60.1. The van der Waals surface area contributed by atoms with Gasteiger partial charge in [0.05, 0.1) is 33.3 Å². The average Bonchev–Trinajstić information content (AvgIpc) is 3.81. The fourth-order valence-electron chi connectivity index (χ4n) is 9.29. The summed E-state index contributed by atoms with van der Waals surface area (Å²) >= 11 is 0. The van der Waals surface area contributed by atoms with Crippen LogP contribution in [0.5, 0.6) is 0 Å². The molecule has 3 heterocycles. The van der Waals surface area contributed by atoms with Crippen LogP contribution >= 0.6 is 0 Å². The molecule has 1 atom stereocenters. The second kappa shape index (κ2) is 11.0. The maximum absolute atomic E-state index is 2.56. The second-order valence-corrected chi connectivity index (χ2v) is 14.3. The summed E-state index contributed by atoms with van der Waals surface area (Å²) in [4.78, 5) is 2.56. The van der Waals surface area contributed by atoms with Crippen molar-refractivity contribution < 1.29 is 0 Å². The number of allylic oxidation sites excluding steroid dienone is 2. The van der Waals surface area contributed by atoms with E-state index in [9.17, 15) is 0 Å². The number of nitrogens with zero attached hydrogens (tertiary/aromatic N) is 3. The van der Waals surface area contributed by atoms with Crippen molar-refractivity contribution in [1.29, 1.82) is 0 Å². The topological polar surface area (TPSA) is 13.1 Å². The van der Waals surface area contributed by atoms with Gasteiger partial charge in [-0.05, 0) is 85.1 Å². The third-order valence-electron chi connectivity index (χ3n) is 11.5. The van der Waals surface area contributed by atoms with Crippen molar-refractivity contribution in [2.24, 2.45) is 0 Å². The molecule has 0 amide bonds. The molecule has 3 nitrogen and oxygen atoms in total. The maximum Gasteiger partial charge on any atom is 0.0715 e. The first-order chi connectivity index (χ1) is 25.7. The molecule has 2 aliphatic rings. The highest BCUT2D eigenvalue weighted by Crippen LogP contribution is 2.54. The van der Waals surface area contributed by atoms with Crippen molar-refractivity contribution in [3.8, 4) is 22.5 Å². The van der Waals surface area contributed by atoms with E-state index in [2.05, 4.69) is 203 Å². The van der Waals surface area contributed by atoms with Gasteiger partial charge in [0.25, 0.3) is 0 Å². The zero-order valence-electron chi connectivity index (χ0n) is 28.9. The Balaban J connectivity index is 1.15. The third kappa shape index (κ3) is 3.96. The first-order valence-electron chi connectivity index (χ1n) is 18.2. The molecule has 0 fully saturated rings. The van der Waals surface area contributed by atoms with Gasteiger partial charge in [0.15, 0.2) is 0 Å². The van der Waals surface area contributed by atoms with Gasteiger partial charge in [-0.3, -0.25) is 0 Å². The number of benzene rings is 7. The first kappa shape index (κ1) is 29.2. The van der Waals surface area contributed by atoms with Crippen LogP contribution in [0.4, 0.5) is 11.4 Å². The van der Waals surface area contributed by atoms with Crippen LogP contribution in [-0.2, 0) is 0 Å².